The monoisotopic (exact) mass is 472 g/mol. The third-order valence-corrected chi connectivity index (χ3v) is 6.39. The number of hydrogen-bond donors (Lipinski definition) is 0. The second-order valence-electron chi connectivity index (χ2n) is 8.61. The quantitative estimate of drug-likeness (QED) is 0.447. The predicted octanol–water partition coefficient (Wildman–Crippen LogP) is 3.19. The van der Waals surface area contributed by atoms with Crippen LogP contribution in [-0.4, -0.2) is 51.7 Å². The summed E-state index contributed by atoms with van der Waals surface area (Å²) in [6.07, 6.45) is -2.46. The first-order valence-electron chi connectivity index (χ1n) is 10.7. The predicted molar refractivity (Wildman–Crippen MR) is 117 cm³/mol. The average molecular weight is 472 g/mol. The molecule has 0 aliphatic carbocycles. The number of carbonyl (C=O) groups is 1. The van der Waals surface area contributed by atoms with E-state index in [1.165, 1.54) is 11.7 Å². The number of pyridine rings is 1. The van der Waals surface area contributed by atoms with Gasteiger partial charge in [0.05, 0.1) is 40.2 Å². The molecule has 34 heavy (non-hydrogen) atoms. The molecule has 0 aromatic carbocycles. The molecule has 5 rings (SSSR count). The Labute approximate surface area is 192 Å². The number of hydrogen-bond acceptors (Lipinski definition) is 5. The average Bonchev–Trinajstić information content (AvgIpc) is 3.42. The van der Waals surface area contributed by atoms with Crippen molar-refractivity contribution in [3.05, 3.63) is 46.7 Å². The van der Waals surface area contributed by atoms with Gasteiger partial charge < -0.3 is 4.90 Å². The van der Waals surface area contributed by atoms with E-state index in [0.29, 0.717) is 46.8 Å². The first-order valence-corrected chi connectivity index (χ1v) is 10.7. The molecule has 5 heterocycles. The Kier molecular flexibility index (Phi) is 4.81. The van der Waals surface area contributed by atoms with Crippen molar-refractivity contribution in [1.82, 2.24) is 39.2 Å². The van der Waals surface area contributed by atoms with Crippen LogP contribution in [-0.2, 0) is 33.7 Å². The first-order chi connectivity index (χ1) is 16.0. The van der Waals surface area contributed by atoms with Crippen molar-refractivity contribution in [2.24, 2.45) is 21.1 Å². The molecule has 0 fully saturated rings. The van der Waals surface area contributed by atoms with Gasteiger partial charge in [-0.25, -0.2) is 4.98 Å². The van der Waals surface area contributed by atoms with Crippen LogP contribution >= 0.6 is 0 Å². The summed E-state index contributed by atoms with van der Waals surface area (Å²) >= 11 is 0. The smallest absolute Gasteiger partial charge is 0.329 e. The highest BCUT2D eigenvalue weighted by atomic mass is 19.4. The summed E-state index contributed by atoms with van der Waals surface area (Å²) < 4.78 is 44.1. The molecule has 9 nitrogen and oxygen atoms in total. The molecule has 0 saturated carbocycles. The number of rotatable bonds is 2. The molecule has 1 atom stereocenters. The van der Waals surface area contributed by atoms with Crippen molar-refractivity contribution in [3.8, 4) is 11.4 Å². The number of aromatic nitrogens is 7. The van der Waals surface area contributed by atoms with Gasteiger partial charge in [0.2, 0.25) is 0 Å². The van der Waals surface area contributed by atoms with Gasteiger partial charge >= 0.3 is 6.18 Å². The molecular formula is C22H23F3N8O. The maximum absolute atomic E-state index is 13.6. The molecule has 12 heteroatoms. The van der Waals surface area contributed by atoms with Gasteiger partial charge in [0.25, 0.3) is 5.91 Å². The minimum atomic E-state index is -4.54. The largest absolute Gasteiger partial charge is 0.435 e. The number of carbonyl (C=O) groups excluding carboxylic acids is 1. The zero-order chi connectivity index (χ0) is 24.5. The molecule has 1 amide bonds. The van der Waals surface area contributed by atoms with E-state index in [2.05, 4.69) is 20.3 Å². The van der Waals surface area contributed by atoms with E-state index < -0.39 is 11.9 Å². The standard InChI is InChI=1S/C22H23F3N8O/c1-11-8-15-14(10-26-30(15)3)19(27-11)21(34)33-7-6-13-18(12(33)2)29-32(5)20(13)16-9-17(22(23,24)25)28-31(16)4/h8-10,12H,6-7H2,1-5H3/t12-/m0/s1. The Hall–Kier alpha value is -3.70. The Morgan fingerprint density at radius 1 is 1.09 bits per heavy atom. The Morgan fingerprint density at radius 3 is 2.50 bits per heavy atom. The van der Waals surface area contributed by atoms with E-state index in [0.717, 1.165) is 17.1 Å². The van der Waals surface area contributed by atoms with Crippen molar-refractivity contribution in [1.29, 1.82) is 0 Å². The lowest BCUT2D eigenvalue weighted by Gasteiger charge is -2.32. The molecule has 4 aromatic rings. The van der Waals surface area contributed by atoms with E-state index in [1.807, 2.05) is 27.0 Å². The summed E-state index contributed by atoms with van der Waals surface area (Å²) in [4.78, 5) is 19.8. The molecule has 4 aromatic heterocycles. The van der Waals surface area contributed by atoms with Gasteiger partial charge in [-0.1, -0.05) is 0 Å². The second-order valence-corrected chi connectivity index (χ2v) is 8.61. The lowest BCUT2D eigenvalue weighted by molar-refractivity contribution is -0.141. The summed E-state index contributed by atoms with van der Waals surface area (Å²) in [5.41, 5.74) is 3.28. The number of alkyl halides is 3. The van der Waals surface area contributed by atoms with Gasteiger partial charge in [0, 0.05) is 38.9 Å². The summed E-state index contributed by atoms with van der Waals surface area (Å²) in [5.74, 6) is -0.230. The van der Waals surface area contributed by atoms with Crippen LogP contribution in [0.1, 0.15) is 46.1 Å². The van der Waals surface area contributed by atoms with E-state index in [-0.39, 0.29) is 11.9 Å². The van der Waals surface area contributed by atoms with Crippen LogP contribution in [0.2, 0.25) is 0 Å². The zero-order valence-electron chi connectivity index (χ0n) is 19.3. The molecule has 0 unspecified atom stereocenters. The van der Waals surface area contributed by atoms with Crippen LogP contribution in [0.25, 0.3) is 22.3 Å². The van der Waals surface area contributed by atoms with E-state index >= 15 is 0 Å². The minimum Gasteiger partial charge on any atom is -0.329 e. The third-order valence-electron chi connectivity index (χ3n) is 6.39. The van der Waals surface area contributed by atoms with Crippen molar-refractivity contribution >= 4 is 16.8 Å². The minimum absolute atomic E-state index is 0.230. The zero-order valence-corrected chi connectivity index (χ0v) is 19.3. The SMILES string of the molecule is Cc1cc2c(cnn2C)c(C(=O)N2CCc3c(nn(C)c3-c3cc(C(F)(F)F)nn3C)[C@@H]2C)n1. The number of fused-ring (bicyclic) bond motifs is 2. The Morgan fingerprint density at radius 2 is 1.82 bits per heavy atom. The molecular weight excluding hydrogens is 449 g/mol. The Balaban J connectivity index is 1.54. The fourth-order valence-electron chi connectivity index (χ4n) is 4.74. The maximum Gasteiger partial charge on any atom is 0.435 e. The molecule has 0 spiro atoms. The molecule has 0 radical (unpaired) electrons. The second kappa shape index (κ2) is 7.40. The van der Waals surface area contributed by atoms with Crippen LogP contribution in [0, 0.1) is 6.92 Å². The molecule has 1 aliphatic rings. The van der Waals surface area contributed by atoms with Crippen LogP contribution in [0.3, 0.4) is 0 Å². The lowest BCUT2D eigenvalue weighted by Crippen LogP contribution is -2.39. The van der Waals surface area contributed by atoms with E-state index in [1.54, 1.807) is 27.5 Å². The van der Waals surface area contributed by atoms with Crippen molar-refractivity contribution in [3.63, 3.8) is 0 Å². The fourth-order valence-corrected chi connectivity index (χ4v) is 4.74. The highest BCUT2D eigenvalue weighted by Gasteiger charge is 2.38. The van der Waals surface area contributed by atoms with E-state index in [4.69, 9.17) is 0 Å². The highest BCUT2D eigenvalue weighted by Crippen LogP contribution is 2.38. The van der Waals surface area contributed by atoms with Gasteiger partial charge in [0.15, 0.2) is 5.69 Å². The van der Waals surface area contributed by atoms with Gasteiger partial charge in [-0.3, -0.25) is 18.8 Å². The molecule has 178 valence electrons. The summed E-state index contributed by atoms with van der Waals surface area (Å²) in [6, 6.07) is 2.53. The molecule has 0 N–H and O–H groups in total. The van der Waals surface area contributed by atoms with E-state index in [9.17, 15) is 18.0 Å². The normalized spacial score (nSPS) is 16.4. The molecule has 0 bridgehead atoms. The van der Waals surface area contributed by atoms with Gasteiger partial charge in [0.1, 0.15) is 5.69 Å². The van der Waals surface area contributed by atoms with Crippen LogP contribution in [0.15, 0.2) is 18.3 Å². The third kappa shape index (κ3) is 3.27. The van der Waals surface area contributed by atoms with Crippen LogP contribution in [0.4, 0.5) is 13.2 Å². The van der Waals surface area contributed by atoms with Crippen LogP contribution in [0.5, 0.6) is 0 Å². The fraction of sp³-hybridized carbons (Fsp3) is 0.409. The van der Waals surface area contributed by atoms with Gasteiger partial charge in [-0.05, 0) is 32.4 Å². The number of nitrogens with zero attached hydrogens (tertiary/aromatic N) is 8. The lowest BCUT2D eigenvalue weighted by atomic mass is 9.96. The number of aryl methyl sites for hydroxylation is 4. The van der Waals surface area contributed by atoms with Gasteiger partial charge in [-0.2, -0.15) is 28.5 Å². The van der Waals surface area contributed by atoms with Gasteiger partial charge in [-0.15, -0.1) is 0 Å². The maximum atomic E-state index is 13.6. The highest BCUT2D eigenvalue weighted by molar-refractivity contribution is 6.04. The first kappa shape index (κ1) is 22.1. The van der Waals surface area contributed by atoms with Crippen LogP contribution < -0.4 is 0 Å². The molecule has 1 aliphatic heterocycles. The summed E-state index contributed by atoms with van der Waals surface area (Å²) in [7, 11) is 4.98. The van der Waals surface area contributed by atoms with Crippen molar-refractivity contribution < 1.29 is 18.0 Å². The number of amides is 1. The number of halogens is 3. The van der Waals surface area contributed by atoms with Crippen molar-refractivity contribution in [2.45, 2.75) is 32.5 Å². The Bertz CT molecular complexity index is 1440. The molecule has 0 saturated heterocycles. The summed E-state index contributed by atoms with van der Waals surface area (Å²) in [5, 5.41) is 13.2. The summed E-state index contributed by atoms with van der Waals surface area (Å²) in [6.45, 7) is 4.08. The van der Waals surface area contributed by atoms with Crippen molar-refractivity contribution in [2.75, 3.05) is 6.54 Å². The topological polar surface area (TPSA) is 86.7 Å².